The van der Waals surface area contributed by atoms with Crippen molar-refractivity contribution in [3.05, 3.63) is 48.0 Å². The van der Waals surface area contributed by atoms with Crippen molar-refractivity contribution in [2.24, 2.45) is 0 Å². The van der Waals surface area contributed by atoms with Crippen molar-refractivity contribution in [2.75, 3.05) is 6.61 Å². The molecule has 0 aromatic heterocycles. The van der Waals surface area contributed by atoms with Crippen molar-refractivity contribution >= 4 is 19.8 Å². The average molecular weight is 333 g/mol. The van der Waals surface area contributed by atoms with Gasteiger partial charge in [-0.15, -0.1) is 0 Å². The number of esters is 1. The van der Waals surface area contributed by atoms with Gasteiger partial charge in [-0.25, -0.2) is 4.79 Å². The number of allylic oxidation sites excluding steroid dienone is 1. The van der Waals surface area contributed by atoms with Gasteiger partial charge in [-0.05, 0) is 12.0 Å². The molecule has 4 heteroatoms. The van der Waals surface area contributed by atoms with Gasteiger partial charge < -0.3 is 4.74 Å². The summed E-state index contributed by atoms with van der Waals surface area (Å²) < 4.78 is 5.14. The normalized spacial score (nSPS) is 13.0. The van der Waals surface area contributed by atoms with Gasteiger partial charge in [-0.3, -0.25) is 4.79 Å². The van der Waals surface area contributed by atoms with E-state index in [2.05, 4.69) is 26.6 Å². The number of carbonyl (C=O) groups excluding carboxylic acids is 2. The number of rotatable bonds is 9. The van der Waals surface area contributed by atoms with E-state index in [1.807, 2.05) is 36.4 Å². The Balaban J connectivity index is 2.70. The lowest BCUT2D eigenvalue weighted by atomic mass is 10.1. The smallest absolute Gasteiger partial charge is 0.330 e. The van der Waals surface area contributed by atoms with Gasteiger partial charge >= 0.3 is 5.97 Å². The van der Waals surface area contributed by atoms with E-state index in [0.717, 1.165) is 18.4 Å². The molecular formula is C19H28O3Si. The number of hydrogen-bond acceptors (Lipinski definition) is 3. The molecule has 0 aliphatic carbocycles. The van der Waals surface area contributed by atoms with Crippen LogP contribution in [0.1, 0.15) is 36.5 Å². The Bertz CT molecular complexity index is 529. The molecule has 0 saturated heterocycles. The van der Waals surface area contributed by atoms with E-state index in [9.17, 15) is 9.59 Å². The second kappa shape index (κ2) is 9.45. The minimum absolute atomic E-state index is 0.119. The molecule has 0 saturated carbocycles. The summed E-state index contributed by atoms with van der Waals surface area (Å²) in [6, 6.07) is 9.33. The van der Waals surface area contributed by atoms with E-state index in [1.54, 1.807) is 0 Å². The second-order valence-corrected chi connectivity index (χ2v) is 12.3. The summed E-state index contributed by atoms with van der Waals surface area (Å²) in [6.45, 7) is 9.15. The van der Waals surface area contributed by atoms with Crippen LogP contribution in [-0.4, -0.2) is 26.4 Å². The van der Waals surface area contributed by atoms with Crippen LogP contribution in [0.5, 0.6) is 0 Å². The molecule has 0 heterocycles. The Labute approximate surface area is 140 Å². The molecule has 0 aliphatic heterocycles. The van der Waals surface area contributed by atoms with Gasteiger partial charge in [0.05, 0.1) is 14.7 Å². The predicted molar refractivity (Wildman–Crippen MR) is 97.5 cm³/mol. The molecule has 0 fully saturated rings. The van der Waals surface area contributed by atoms with Crippen LogP contribution in [0.3, 0.4) is 0 Å². The van der Waals surface area contributed by atoms with Gasteiger partial charge in [0.2, 0.25) is 0 Å². The lowest BCUT2D eigenvalue weighted by Gasteiger charge is -2.25. The van der Waals surface area contributed by atoms with Crippen LogP contribution < -0.4 is 0 Å². The fraction of sp³-hybridized carbons (Fsp3) is 0.474. The summed E-state index contributed by atoms with van der Waals surface area (Å²) in [5.41, 5.74) is 0.851. The zero-order valence-corrected chi connectivity index (χ0v) is 15.7. The highest BCUT2D eigenvalue weighted by Gasteiger charge is 2.27. The maximum Gasteiger partial charge on any atom is 0.330 e. The standard InChI is InChI=1S/C19H28O3Si/c1-5-6-14-22-19(21)13-12-17(23(2,3)4)15-18(20)16-10-8-7-9-11-16/h7-13,17H,5-6,14-15H2,1-4H3. The molecule has 3 nitrogen and oxygen atoms in total. The summed E-state index contributed by atoms with van der Waals surface area (Å²) in [7, 11) is -1.60. The van der Waals surface area contributed by atoms with E-state index < -0.39 is 8.07 Å². The third kappa shape index (κ3) is 7.42. The first-order chi connectivity index (χ1) is 10.8. The minimum atomic E-state index is -1.60. The lowest BCUT2D eigenvalue weighted by Crippen LogP contribution is -2.29. The molecular weight excluding hydrogens is 304 g/mol. The van der Waals surface area contributed by atoms with Crippen LogP contribution in [0.25, 0.3) is 0 Å². The molecule has 1 atom stereocenters. The van der Waals surface area contributed by atoms with Crippen molar-refractivity contribution in [3.8, 4) is 0 Å². The molecule has 0 bridgehead atoms. The molecule has 126 valence electrons. The highest BCUT2D eigenvalue weighted by Crippen LogP contribution is 2.28. The number of unbranched alkanes of at least 4 members (excludes halogenated alkanes) is 1. The first kappa shape index (κ1) is 19.4. The van der Waals surface area contributed by atoms with E-state index >= 15 is 0 Å². The average Bonchev–Trinajstić information content (AvgIpc) is 2.51. The fourth-order valence-electron chi connectivity index (χ4n) is 2.16. The van der Waals surface area contributed by atoms with Crippen molar-refractivity contribution < 1.29 is 14.3 Å². The van der Waals surface area contributed by atoms with Crippen molar-refractivity contribution in [2.45, 2.75) is 51.4 Å². The molecule has 0 radical (unpaired) electrons. The largest absolute Gasteiger partial charge is 0.463 e. The van der Waals surface area contributed by atoms with Crippen LogP contribution in [0, 0.1) is 0 Å². The van der Waals surface area contributed by atoms with E-state index in [0.29, 0.717) is 13.0 Å². The van der Waals surface area contributed by atoms with E-state index in [4.69, 9.17) is 4.74 Å². The van der Waals surface area contributed by atoms with E-state index in [-0.39, 0.29) is 17.3 Å². The van der Waals surface area contributed by atoms with Gasteiger partial charge in [0, 0.05) is 18.1 Å². The van der Waals surface area contributed by atoms with Crippen LogP contribution in [0.15, 0.2) is 42.5 Å². The first-order valence-corrected chi connectivity index (χ1v) is 11.9. The third-order valence-electron chi connectivity index (χ3n) is 3.82. The molecule has 0 amide bonds. The molecule has 0 spiro atoms. The Morgan fingerprint density at radius 2 is 1.83 bits per heavy atom. The highest BCUT2D eigenvalue weighted by molar-refractivity contribution is 6.78. The van der Waals surface area contributed by atoms with Crippen LogP contribution in [-0.2, 0) is 9.53 Å². The monoisotopic (exact) mass is 332 g/mol. The van der Waals surface area contributed by atoms with Crippen molar-refractivity contribution in [3.63, 3.8) is 0 Å². The Morgan fingerprint density at radius 3 is 2.39 bits per heavy atom. The number of ketones is 1. The first-order valence-electron chi connectivity index (χ1n) is 8.27. The summed E-state index contributed by atoms with van der Waals surface area (Å²) in [5.74, 6) is -0.184. The highest BCUT2D eigenvalue weighted by atomic mass is 28.3. The van der Waals surface area contributed by atoms with Gasteiger partial charge in [-0.1, -0.05) is 69.4 Å². The predicted octanol–water partition coefficient (Wildman–Crippen LogP) is 4.87. The van der Waals surface area contributed by atoms with Gasteiger partial charge in [0.15, 0.2) is 5.78 Å². The van der Waals surface area contributed by atoms with Gasteiger partial charge in [0.25, 0.3) is 0 Å². The summed E-state index contributed by atoms with van der Waals surface area (Å²) >= 11 is 0. The summed E-state index contributed by atoms with van der Waals surface area (Å²) in [6.07, 6.45) is 5.69. The zero-order chi connectivity index (χ0) is 17.3. The molecule has 1 aromatic rings. The van der Waals surface area contributed by atoms with Gasteiger partial charge in [-0.2, -0.15) is 0 Å². The number of benzene rings is 1. The van der Waals surface area contributed by atoms with Gasteiger partial charge in [0.1, 0.15) is 0 Å². The Morgan fingerprint density at radius 1 is 1.17 bits per heavy atom. The molecule has 1 rings (SSSR count). The molecule has 0 N–H and O–H groups in total. The zero-order valence-electron chi connectivity index (χ0n) is 14.7. The summed E-state index contributed by atoms with van der Waals surface area (Å²) in [5, 5.41) is 0. The van der Waals surface area contributed by atoms with E-state index in [1.165, 1.54) is 6.08 Å². The molecule has 1 aromatic carbocycles. The third-order valence-corrected chi connectivity index (χ3v) is 6.44. The maximum absolute atomic E-state index is 12.4. The Kier molecular flexibility index (Phi) is 7.96. The quantitative estimate of drug-likeness (QED) is 0.213. The Hall–Kier alpha value is -1.68. The SMILES string of the molecule is CCCCOC(=O)C=CC(CC(=O)c1ccccc1)[Si](C)(C)C. The fourth-order valence-corrected chi connectivity index (χ4v) is 3.64. The second-order valence-electron chi connectivity index (χ2n) is 6.85. The van der Waals surface area contributed by atoms with Crippen molar-refractivity contribution in [1.82, 2.24) is 0 Å². The van der Waals surface area contributed by atoms with Crippen LogP contribution in [0.4, 0.5) is 0 Å². The number of hydrogen-bond donors (Lipinski definition) is 0. The maximum atomic E-state index is 12.4. The van der Waals surface area contributed by atoms with Crippen LogP contribution >= 0.6 is 0 Å². The minimum Gasteiger partial charge on any atom is -0.463 e. The topological polar surface area (TPSA) is 43.4 Å². The van der Waals surface area contributed by atoms with Crippen molar-refractivity contribution in [1.29, 1.82) is 0 Å². The number of Topliss-reactive ketones (excluding diaryl/α,β-unsaturated/α-hetero) is 1. The lowest BCUT2D eigenvalue weighted by molar-refractivity contribution is -0.137. The molecule has 0 aliphatic rings. The number of carbonyl (C=O) groups is 2. The molecule has 23 heavy (non-hydrogen) atoms. The number of ether oxygens (including phenoxy) is 1. The van der Waals surface area contributed by atoms with Crippen LogP contribution in [0.2, 0.25) is 25.2 Å². The molecule has 1 unspecified atom stereocenters. The summed E-state index contributed by atoms with van der Waals surface area (Å²) in [4.78, 5) is 24.2.